The first-order valence-corrected chi connectivity index (χ1v) is 7.03. The predicted octanol–water partition coefficient (Wildman–Crippen LogP) is 3.19. The Kier molecular flexibility index (Phi) is 6.68. The minimum absolute atomic E-state index is 0.0994. The number of nitrogens with one attached hydrogen (secondary N) is 1. The Morgan fingerprint density at radius 2 is 2.17 bits per heavy atom. The molecule has 0 fully saturated rings. The molecular weight excluding hydrogens is 250 g/mol. The second kappa shape index (κ2) is 7.77. The molecule has 0 aliphatic heterocycles. The first-order valence-electron chi connectivity index (χ1n) is 6.65. The zero-order valence-electron chi connectivity index (χ0n) is 11.7. The van der Waals surface area contributed by atoms with Gasteiger partial charge >= 0.3 is 0 Å². The molecule has 0 aliphatic carbocycles. The fourth-order valence-corrected chi connectivity index (χ4v) is 2.14. The SMILES string of the molecule is CCCNC(COCC)c1c(Cl)cnn1C(C)C. The number of ether oxygens (including phenoxy) is 1. The van der Waals surface area contributed by atoms with Crippen LogP contribution in [0.4, 0.5) is 0 Å². The van der Waals surface area contributed by atoms with Crippen molar-refractivity contribution in [3.05, 3.63) is 16.9 Å². The summed E-state index contributed by atoms with van der Waals surface area (Å²) in [5.41, 5.74) is 1.02. The number of rotatable bonds is 8. The molecular formula is C13H24ClN3O. The predicted molar refractivity (Wildman–Crippen MR) is 75.1 cm³/mol. The van der Waals surface area contributed by atoms with E-state index in [2.05, 4.69) is 31.2 Å². The van der Waals surface area contributed by atoms with Crippen molar-refractivity contribution in [2.24, 2.45) is 0 Å². The molecule has 1 heterocycles. The van der Waals surface area contributed by atoms with Gasteiger partial charge in [0.1, 0.15) is 0 Å². The first kappa shape index (κ1) is 15.5. The summed E-state index contributed by atoms with van der Waals surface area (Å²) in [5, 5.41) is 8.52. The maximum absolute atomic E-state index is 6.26. The van der Waals surface area contributed by atoms with Gasteiger partial charge in [-0.2, -0.15) is 5.10 Å². The first-order chi connectivity index (χ1) is 8.61. The Morgan fingerprint density at radius 3 is 2.72 bits per heavy atom. The van der Waals surface area contributed by atoms with Gasteiger partial charge < -0.3 is 10.1 Å². The van der Waals surface area contributed by atoms with E-state index >= 15 is 0 Å². The third kappa shape index (κ3) is 3.97. The van der Waals surface area contributed by atoms with E-state index in [0.717, 1.165) is 18.7 Å². The van der Waals surface area contributed by atoms with Gasteiger partial charge in [-0.25, -0.2) is 0 Å². The lowest BCUT2D eigenvalue weighted by Gasteiger charge is -2.22. The summed E-state index contributed by atoms with van der Waals surface area (Å²) >= 11 is 6.26. The van der Waals surface area contributed by atoms with Gasteiger partial charge in [0, 0.05) is 12.6 Å². The van der Waals surface area contributed by atoms with E-state index in [0.29, 0.717) is 24.3 Å². The average molecular weight is 274 g/mol. The van der Waals surface area contributed by atoms with Crippen molar-refractivity contribution < 1.29 is 4.74 Å². The van der Waals surface area contributed by atoms with Crippen LogP contribution in [0.1, 0.15) is 51.9 Å². The molecule has 0 saturated carbocycles. The van der Waals surface area contributed by atoms with Gasteiger partial charge in [0.15, 0.2) is 0 Å². The Bertz CT molecular complexity index is 344. The normalized spacial score (nSPS) is 13.2. The van der Waals surface area contributed by atoms with E-state index < -0.39 is 0 Å². The summed E-state index contributed by atoms with van der Waals surface area (Å²) in [4.78, 5) is 0. The molecule has 0 aliphatic rings. The highest BCUT2D eigenvalue weighted by molar-refractivity contribution is 6.31. The minimum Gasteiger partial charge on any atom is -0.380 e. The van der Waals surface area contributed by atoms with Gasteiger partial charge in [-0.15, -0.1) is 0 Å². The number of hydrogen-bond donors (Lipinski definition) is 1. The Hall–Kier alpha value is -0.580. The molecule has 104 valence electrons. The molecule has 1 aromatic heterocycles. The average Bonchev–Trinajstić information content (AvgIpc) is 2.72. The highest BCUT2D eigenvalue weighted by Crippen LogP contribution is 2.25. The molecule has 0 saturated heterocycles. The van der Waals surface area contributed by atoms with Crippen molar-refractivity contribution in [3.8, 4) is 0 Å². The highest BCUT2D eigenvalue weighted by Gasteiger charge is 2.21. The van der Waals surface area contributed by atoms with Crippen molar-refractivity contribution in [1.29, 1.82) is 0 Å². The number of hydrogen-bond acceptors (Lipinski definition) is 3. The van der Waals surface area contributed by atoms with E-state index in [4.69, 9.17) is 16.3 Å². The number of aromatic nitrogens is 2. The zero-order valence-corrected chi connectivity index (χ0v) is 12.5. The van der Waals surface area contributed by atoms with Crippen LogP contribution in [0.5, 0.6) is 0 Å². The fourth-order valence-electron chi connectivity index (χ4n) is 1.88. The second-order valence-corrected chi connectivity index (χ2v) is 4.99. The highest BCUT2D eigenvalue weighted by atomic mass is 35.5. The number of halogens is 1. The van der Waals surface area contributed by atoms with Gasteiger partial charge in [-0.05, 0) is 33.7 Å². The molecule has 0 aromatic carbocycles. The summed E-state index contributed by atoms with van der Waals surface area (Å²) in [7, 11) is 0. The lowest BCUT2D eigenvalue weighted by Crippen LogP contribution is -2.29. The standard InChI is InChI=1S/C13H24ClN3O/c1-5-7-15-12(9-18-6-2)13-11(14)8-16-17(13)10(3)4/h8,10,12,15H,5-7,9H2,1-4H3. The fraction of sp³-hybridized carbons (Fsp3) is 0.769. The van der Waals surface area contributed by atoms with Crippen LogP contribution in [-0.4, -0.2) is 29.5 Å². The summed E-state index contributed by atoms with van der Waals surface area (Å²) in [6.07, 6.45) is 2.79. The summed E-state index contributed by atoms with van der Waals surface area (Å²) in [6.45, 7) is 10.6. The van der Waals surface area contributed by atoms with E-state index in [-0.39, 0.29) is 6.04 Å². The van der Waals surface area contributed by atoms with Crippen molar-refractivity contribution in [2.75, 3.05) is 19.8 Å². The van der Waals surface area contributed by atoms with Crippen LogP contribution in [0.2, 0.25) is 5.02 Å². The molecule has 0 amide bonds. The van der Waals surface area contributed by atoms with Crippen molar-refractivity contribution in [1.82, 2.24) is 15.1 Å². The van der Waals surface area contributed by atoms with Crippen LogP contribution in [0, 0.1) is 0 Å². The summed E-state index contributed by atoms with van der Waals surface area (Å²) in [6, 6.07) is 0.391. The summed E-state index contributed by atoms with van der Waals surface area (Å²) in [5.74, 6) is 0. The van der Waals surface area contributed by atoms with Crippen LogP contribution in [0.15, 0.2) is 6.20 Å². The lowest BCUT2D eigenvalue weighted by atomic mass is 10.2. The third-order valence-corrected chi connectivity index (χ3v) is 3.03. The van der Waals surface area contributed by atoms with Crippen molar-refractivity contribution >= 4 is 11.6 Å². The van der Waals surface area contributed by atoms with E-state index in [1.807, 2.05) is 11.6 Å². The Balaban J connectivity index is 2.91. The molecule has 0 radical (unpaired) electrons. The maximum atomic E-state index is 6.26. The molecule has 4 nitrogen and oxygen atoms in total. The van der Waals surface area contributed by atoms with E-state index in [1.165, 1.54) is 0 Å². The lowest BCUT2D eigenvalue weighted by molar-refractivity contribution is 0.120. The van der Waals surface area contributed by atoms with Crippen LogP contribution < -0.4 is 5.32 Å². The largest absolute Gasteiger partial charge is 0.380 e. The smallest absolute Gasteiger partial charge is 0.0835 e. The van der Waals surface area contributed by atoms with Gasteiger partial charge in [0.2, 0.25) is 0 Å². The van der Waals surface area contributed by atoms with Crippen LogP contribution in [0.3, 0.4) is 0 Å². The van der Waals surface area contributed by atoms with Gasteiger partial charge in [-0.1, -0.05) is 18.5 Å². The van der Waals surface area contributed by atoms with Crippen molar-refractivity contribution in [2.45, 2.75) is 46.2 Å². The quantitative estimate of drug-likeness (QED) is 0.791. The molecule has 1 rings (SSSR count). The third-order valence-electron chi connectivity index (χ3n) is 2.74. The van der Waals surface area contributed by atoms with Crippen molar-refractivity contribution in [3.63, 3.8) is 0 Å². The minimum atomic E-state index is 0.0994. The molecule has 5 heteroatoms. The topological polar surface area (TPSA) is 39.1 Å². The molecule has 1 N–H and O–H groups in total. The zero-order chi connectivity index (χ0) is 13.5. The Labute approximate surface area is 115 Å². The summed E-state index contributed by atoms with van der Waals surface area (Å²) < 4.78 is 7.51. The molecule has 18 heavy (non-hydrogen) atoms. The second-order valence-electron chi connectivity index (χ2n) is 4.58. The van der Waals surface area contributed by atoms with Crippen LogP contribution >= 0.6 is 11.6 Å². The van der Waals surface area contributed by atoms with E-state index in [1.54, 1.807) is 6.20 Å². The molecule has 1 aromatic rings. The molecule has 1 unspecified atom stereocenters. The molecule has 1 atom stereocenters. The van der Waals surface area contributed by atoms with Gasteiger partial charge in [-0.3, -0.25) is 4.68 Å². The van der Waals surface area contributed by atoms with E-state index in [9.17, 15) is 0 Å². The maximum Gasteiger partial charge on any atom is 0.0835 e. The van der Waals surface area contributed by atoms with Gasteiger partial charge in [0.25, 0.3) is 0 Å². The molecule has 0 spiro atoms. The molecule has 0 bridgehead atoms. The van der Waals surface area contributed by atoms with Crippen LogP contribution in [-0.2, 0) is 4.74 Å². The Morgan fingerprint density at radius 1 is 1.44 bits per heavy atom. The van der Waals surface area contributed by atoms with Crippen LogP contribution in [0.25, 0.3) is 0 Å². The number of nitrogens with zero attached hydrogens (tertiary/aromatic N) is 2. The monoisotopic (exact) mass is 273 g/mol. The van der Waals surface area contributed by atoms with Gasteiger partial charge in [0.05, 0.1) is 29.6 Å².